The van der Waals surface area contributed by atoms with E-state index in [9.17, 15) is 5.11 Å². The molecular weight excluding hydrogens is 236 g/mol. The van der Waals surface area contributed by atoms with Crippen molar-refractivity contribution in [3.63, 3.8) is 0 Å². The van der Waals surface area contributed by atoms with E-state index in [1.807, 2.05) is 0 Å². The summed E-state index contributed by atoms with van der Waals surface area (Å²) in [6.07, 6.45) is 5.81. The predicted molar refractivity (Wildman–Crippen MR) is 82.5 cm³/mol. The lowest BCUT2D eigenvalue weighted by atomic mass is 9.90. The second-order valence-electron chi connectivity index (χ2n) is 7.61. The Kier molecular flexibility index (Phi) is 6.28. The molecule has 1 rings (SSSR count). The Morgan fingerprint density at radius 2 is 1.89 bits per heavy atom. The topological polar surface area (TPSA) is 35.5 Å². The van der Waals surface area contributed by atoms with Crippen LogP contribution >= 0.6 is 0 Å². The van der Waals surface area contributed by atoms with Crippen LogP contribution in [0.1, 0.15) is 59.8 Å². The van der Waals surface area contributed by atoms with Crippen LogP contribution in [0.4, 0.5) is 0 Å². The van der Waals surface area contributed by atoms with Crippen LogP contribution < -0.4 is 5.32 Å². The molecular formula is C16H34N2O. The summed E-state index contributed by atoms with van der Waals surface area (Å²) >= 11 is 0. The first-order chi connectivity index (χ1) is 8.80. The van der Waals surface area contributed by atoms with Crippen molar-refractivity contribution < 1.29 is 5.11 Å². The average Bonchev–Trinajstić information content (AvgIpc) is 3.09. The second kappa shape index (κ2) is 7.05. The molecule has 0 bridgehead atoms. The highest BCUT2D eigenvalue weighted by Crippen LogP contribution is 2.27. The molecule has 1 fully saturated rings. The van der Waals surface area contributed by atoms with Gasteiger partial charge in [0, 0.05) is 18.1 Å². The molecule has 0 radical (unpaired) electrons. The fraction of sp³-hybridized carbons (Fsp3) is 1.00. The summed E-state index contributed by atoms with van der Waals surface area (Å²) in [7, 11) is 2.20. The van der Waals surface area contributed by atoms with Gasteiger partial charge in [-0.25, -0.2) is 0 Å². The summed E-state index contributed by atoms with van der Waals surface area (Å²) in [6, 6.07) is 0.666. The number of hydrogen-bond acceptors (Lipinski definition) is 3. The van der Waals surface area contributed by atoms with Gasteiger partial charge in [0.15, 0.2) is 0 Å². The molecule has 2 N–H and O–H groups in total. The van der Waals surface area contributed by atoms with Crippen LogP contribution in [-0.2, 0) is 0 Å². The summed E-state index contributed by atoms with van der Waals surface area (Å²) in [4.78, 5) is 2.41. The smallest absolute Gasteiger partial charge is 0.0613 e. The van der Waals surface area contributed by atoms with Gasteiger partial charge in [0.05, 0.1) is 6.61 Å². The molecule has 1 aliphatic carbocycles. The number of hydrogen-bond donors (Lipinski definition) is 2. The van der Waals surface area contributed by atoms with Gasteiger partial charge >= 0.3 is 0 Å². The second-order valence-corrected chi connectivity index (χ2v) is 7.61. The molecule has 0 amide bonds. The maximum atomic E-state index is 9.73. The van der Waals surface area contributed by atoms with Crippen LogP contribution in [0, 0.1) is 5.41 Å². The van der Waals surface area contributed by atoms with E-state index in [0.717, 1.165) is 32.4 Å². The Bertz CT molecular complexity index is 252. The molecule has 114 valence electrons. The lowest BCUT2D eigenvalue weighted by Crippen LogP contribution is -2.49. The first-order valence-electron chi connectivity index (χ1n) is 7.87. The number of rotatable bonds is 9. The van der Waals surface area contributed by atoms with Gasteiger partial charge in [0.25, 0.3) is 0 Å². The summed E-state index contributed by atoms with van der Waals surface area (Å²) in [5.41, 5.74) is 0.323. The van der Waals surface area contributed by atoms with Gasteiger partial charge in [0.2, 0.25) is 0 Å². The van der Waals surface area contributed by atoms with Gasteiger partial charge < -0.3 is 15.3 Å². The molecule has 0 aliphatic heterocycles. The van der Waals surface area contributed by atoms with Crippen LogP contribution in [0.5, 0.6) is 0 Å². The number of nitrogens with one attached hydrogen (secondary N) is 1. The summed E-state index contributed by atoms with van der Waals surface area (Å²) < 4.78 is 0. The molecule has 19 heavy (non-hydrogen) atoms. The SMILES string of the molecule is CCC(CO)(CCCN(C)CC(C)(C)C)NC1CC1. The first-order valence-corrected chi connectivity index (χ1v) is 7.87. The Balaban J connectivity index is 2.31. The maximum Gasteiger partial charge on any atom is 0.0613 e. The lowest BCUT2D eigenvalue weighted by Gasteiger charge is -2.34. The zero-order valence-corrected chi connectivity index (χ0v) is 13.6. The zero-order chi connectivity index (χ0) is 14.5. The minimum absolute atomic E-state index is 0.0380. The van der Waals surface area contributed by atoms with Crippen LogP contribution in [0.25, 0.3) is 0 Å². The molecule has 0 spiro atoms. The van der Waals surface area contributed by atoms with Gasteiger partial charge in [-0.2, -0.15) is 0 Å². The number of nitrogens with zero attached hydrogens (tertiary/aromatic N) is 1. The molecule has 1 saturated carbocycles. The zero-order valence-electron chi connectivity index (χ0n) is 13.6. The van der Waals surface area contributed by atoms with E-state index in [1.54, 1.807) is 0 Å². The normalized spacial score (nSPS) is 19.7. The van der Waals surface area contributed by atoms with Crippen LogP contribution in [0.3, 0.4) is 0 Å². The molecule has 0 saturated heterocycles. The van der Waals surface area contributed by atoms with Crippen molar-refractivity contribution in [1.82, 2.24) is 10.2 Å². The Morgan fingerprint density at radius 3 is 2.32 bits per heavy atom. The van der Waals surface area contributed by atoms with Crippen LogP contribution in [0.2, 0.25) is 0 Å². The van der Waals surface area contributed by atoms with E-state index in [2.05, 4.69) is 45.0 Å². The van der Waals surface area contributed by atoms with Crippen molar-refractivity contribution >= 4 is 0 Å². The number of aliphatic hydroxyl groups is 1. The quantitative estimate of drug-likeness (QED) is 0.676. The Morgan fingerprint density at radius 1 is 1.26 bits per heavy atom. The highest BCUT2D eigenvalue weighted by Gasteiger charge is 2.33. The minimum Gasteiger partial charge on any atom is -0.394 e. The van der Waals surface area contributed by atoms with E-state index >= 15 is 0 Å². The Hall–Kier alpha value is -0.120. The van der Waals surface area contributed by atoms with Crippen LogP contribution in [0.15, 0.2) is 0 Å². The van der Waals surface area contributed by atoms with E-state index in [0.29, 0.717) is 11.5 Å². The third kappa shape index (κ3) is 6.73. The van der Waals surface area contributed by atoms with Gasteiger partial charge in [-0.1, -0.05) is 27.7 Å². The van der Waals surface area contributed by atoms with Crippen molar-refractivity contribution in [3.05, 3.63) is 0 Å². The van der Waals surface area contributed by atoms with E-state index in [4.69, 9.17) is 0 Å². The van der Waals surface area contributed by atoms with Gasteiger partial charge in [-0.05, 0) is 51.1 Å². The van der Waals surface area contributed by atoms with E-state index < -0.39 is 0 Å². The lowest BCUT2D eigenvalue weighted by molar-refractivity contribution is 0.135. The van der Waals surface area contributed by atoms with Crippen molar-refractivity contribution in [2.24, 2.45) is 5.41 Å². The van der Waals surface area contributed by atoms with Gasteiger partial charge in [0.1, 0.15) is 0 Å². The highest BCUT2D eigenvalue weighted by atomic mass is 16.3. The largest absolute Gasteiger partial charge is 0.394 e. The minimum atomic E-state index is -0.0380. The molecule has 3 nitrogen and oxygen atoms in total. The third-order valence-corrected chi connectivity index (χ3v) is 4.01. The molecule has 1 unspecified atom stereocenters. The molecule has 0 heterocycles. The molecule has 3 heteroatoms. The van der Waals surface area contributed by atoms with E-state index in [-0.39, 0.29) is 12.1 Å². The van der Waals surface area contributed by atoms with Crippen molar-refractivity contribution in [3.8, 4) is 0 Å². The average molecular weight is 270 g/mol. The number of aliphatic hydroxyl groups excluding tert-OH is 1. The molecule has 0 aromatic heterocycles. The Labute approximate surface area is 119 Å². The fourth-order valence-electron chi connectivity index (χ4n) is 2.82. The summed E-state index contributed by atoms with van der Waals surface area (Å²) in [5.74, 6) is 0. The maximum absolute atomic E-state index is 9.73. The summed E-state index contributed by atoms with van der Waals surface area (Å²) in [5, 5.41) is 13.4. The monoisotopic (exact) mass is 270 g/mol. The van der Waals surface area contributed by atoms with Gasteiger partial charge in [-0.3, -0.25) is 0 Å². The van der Waals surface area contributed by atoms with Gasteiger partial charge in [-0.15, -0.1) is 0 Å². The predicted octanol–water partition coefficient (Wildman–Crippen LogP) is 2.64. The summed E-state index contributed by atoms with van der Waals surface area (Å²) in [6.45, 7) is 11.5. The van der Waals surface area contributed by atoms with Crippen molar-refractivity contribution in [2.75, 3.05) is 26.7 Å². The molecule has 1 atom stereocenters. The standard InChI is InChI=1S/C16H34N2O/c1-6-16(13-19,17-14-8-9-14)10-7-11-18(5)12-15(2,3)4/h14,17,19H,6-13H2,1-5H3. The third-order valence-electron chi connectivity index (χ3n) is 4.01. The fourth-order valence-corrected chi connectivity index (χ4v) is 2.82. The molecule has 0 aromatic carbocycles. The first kappa shape index (κ1) is 16.9. The van der Waals surface area contributed by atoms with Crippen molar-refractivity contribution in [1.29, 1.82) is 0 Å². The molecule has 1 aliphatic rings. The van der Waals surface area contributed by atoms with Crippen LogP contribution in [-0.4, -0.2) is 48.3 Å². The van der Waals surface area contributed by atoms with Crippen molar-refractivity contribution in [2.45, 2.75) is 71.4 Å². The molecule has 0 aromatic rings. The highest BCUT2D eigenvalue weighted by molar-refractivity contribution is 4.94. The van der Waals surface area contributed by atoms with E-state index in [1.165, 1.54) is 12.8 Å².